The van der Waals surface area contributed by atoms with E-state index >= 15 is 0 Å². The standard InChI is InChI=1S/C21H25NO3/c1-3-24-19-13-14-22(25-21(23)18-7-5-4-6-8-18)20(15-19)17-11-9-16(2)10-12-17/h4-12,19-20H,3,13-15H2,1-2H3. The van der Waals surface area contributed by atoms with Crippen LogP contribution in [0.3, 0.4) is 0 Å². The summed E-state index contributed by atoms with van der Waals surface area (Å²) in [7, 11) is 0. The van der Waals surface area contributed by atoms with Gasteiger partial charge in [-0.1, -0.05) is 48.0 Å². The molecule has 3 rings (SSSR count). The molecule has 1 fully saturated rings. The van der Waals surface area contributed by atoms with Crippen molar-refractivity contribution >= 4 is 5.97 Å². The van der Waals surface area contributed by atoms with Crippen molar-refractivity contribution in [1.82, 2.24) is 5.06 Å². The largest absolute Gasteiger partial charge is 0.378 e. The maximum absolute atomic E-state index is 12.5. The van der Waals surface area contributed by atoms with E-state index in [1.807, 2.05) is 30.2 Å². The molecule has 4 heteroatoms. The summed E-state index contributed by atoms with van der Waals surface area (Å²) < 4.78 is 5.83. The van der Waals surface area contributed by atoms with Crippen molar-refractivity contribution in [2.24, 2.45) is 0 Å². The van der Waals surface area contributed by atoms with Gasteiger partial charge in [0.05, 0.1) is 17.7 Å². The second-order valence-corrected chi connectivity index (χ2v) is 6.41. The van der Waals surface area contributed by atoms with E-state index in [-0.39, 0.29) is 18.1 Å². The Morgan fingerprint density at radius 2 is 1.84 bits per heavy atom. The first-order valence-corrected chi connectivity index (χ1v) is 8.89. The molecule has 4 nitrogen and oxygen atoms in total. The van der Waals surface area contributed by atoms with Crippen LogP contribution >= 0.6 is 0 Å². The molecule has 1 saturated heterocycles. The lowest BCUT2D eigenvalue weighted by Crippen LogP contribution is -2.41. The van der Waals surface area contributed by atoms with Crippen molar-refractivity contribution in [2.45, 2.75) is 38.8 Å². The number of hydrogen-bond donors (Lipinski definition) is 0. The predicted molar refractivity (Wildman–Crippen MR) is 97.1 cm³/mol. The summed E-state index contributed by atoms with van der Waals surface area (Å²) in [5.74, 6) is -0.312. The summed E-state index contributed by atoms with van der Waals surface area (Å²) in [5, 5.41) is 1.82. The Kier molecular flexibility index (Phi) is 5.84. The molecular weight excluding hydrogens is 314 g/mol. The number of piperidine rings is 1. The van der Waals surface area contributed by atoms with Gasteiger partial charge in [0.2, 0.25) is 0 Å². The van der Waals surface area contributed by atoms with Gasteiger partial charge in [0.25, 0.3) is 0 Å². The van der Waals surface area contributed by atoms with E-state index in [1.54, 1.807) is 12.1 Å². The number of nitrogens with zero attached hydrogens (tertiary/aromatic N) is 1. The van der Waals surface area contributed by atoms with E-state index in [0.717, 1.165) is 18.4 Å². The minimum Gasteiger partial charge on any atom is -0.378 e. The van der Waals surface area contributed by atoms with Gasteiger partial charge in [0, 0.05) is 13.2 Å². The molecule has 2 aromatic rings. The highest BCUT2D eigenvalue weighted by Crippen LogP contribution is 2.33. The predicted octanol–water partition coefficient (Wildman–Crippen LogP) is 4.31. The number of aryl methyl sites for hydroxylation is 1. The second-order valence-electron chi connectivity index (χ2n) is 6.41. The molecule has 25 heavy (non-hydrogen) atoms. The lowest BCUT2D eigenvalue weighted by molar-refractivity contribution is -0.173. The van der Waals surface area contributed by atoms with Crippen LogP contribution in [0.4, 0.5) is 0 Å². The van der Waals surface area contributed by atoms with E-state index in [1.165, 1.54) is 5.56 Å². The molecule has 0 N–H and O–H groups in total. The molecule has 0 aromatic heterocycles. The second kappa shape index (κ2) is 8.28. The van der Waals surface area contributed by atoms with E-state index in [0.29, 0.717) is 18.7 Å². The minimum atomic E-state index is -0.312. The van der Waals surface area contributed by atoms with Gasteiger partial charge in [-0.25, -0.2) is 4.79 Å². The highest BCUT2D eigenvalue weighted by atomic mass is 16.7. The van der Waals surface area contributed by atoms with Crippen LogP contribution in [-0.4, -0.2) is 30.3 Å². The zero-order valence-corrected chi connectivity index (χ0v) is 14.9. The lowest BCUT2D eigenvalue weighted by Gasteiger charge is -2.37. The Morgan fingerprint density at radius 1 is 1.12 bits per heavy atom. The molecule has 0 radical (unpaired) electrons. The summed E-state index contributed by atoms with van der Waals surface area (Å²) >= 11 is 0. The number of hydroxylamine groups is 2. The van der Waals surface area contributed by atoms with Gasteiger partial charge in [0.1, 0.15) is 0 Å². The number of hydrogen-bond acceptors (Lipinski definition) is 4. The van der Waals surface area contributed by atoms with E-state index in [2.05, 4.69) is 31.2 Å². The first kappa shape index (κ1) is 17.6. The third kappa shape index (κ3) is 4.47. The quantitative estimate of drug-likeness (QED) is 0.814. The van der Waals surface area contributed by atoms with Crippen LogP contribution in [0.15, 0.2) is 54.6 Å². The van der Waals surface area contributed by atoms with Gasteiger partial charge in [0.15, 0.2) is 0 Å². The Balaban J connectivity index is 1.77. The normalized spacial score (nSPS) is 21.0. The van der Waals surface area contributed by atoms with Crippen LogP contribution in [-0.2, 0) is 9.57 Å². The summed E-state index contributed by atoms with van der Waals surface area (Å²) in [5.41, 5.74) is 2.93. The van der Waals surface area contributed by atoms with Gasteiger partial charge < -0.3 is 9.57 Å². The van der Waals surface area contributed by atoms with Crippen LogP contribution in [0.5, 0.6) is 0 Å². The summed E-state index contributed by atoms with van der Waals surface area (Å²) in [6.45, 7) is 5.46. The van der Waals surface area contributed by atoms with E-state index < -0.39 is 0 Å². The smallest absolute Gasteiger partial charge is 0.357 e. The van der Waals surface area contributed by atoms with Crippen LogP contribution in [0.1, 0.15) is 47.3 Å². The number of benzene rings is 2. The maximum atomic E-state index is 12.5. The van der Waals surface area contributed by atoms with Crippen LogP contribution in [0, 0.1) is 6.92 Å². The fourth-order valence-electron chi connectivity index (χ4n) is 3.23. The highest BCUT2D eigenvalue weighted by molar-refractivity contribution is 5.89. The molecule has 2 atom stereocenters. The van der Waals surface area contributed by atoms with Crippen molar-refractivity contribution in [3.63, 3.8) is 0 Å². The number of carbonyl (C=O) groups is 1. The highest BCUT2D eigenvalue weighted by Gasteiger charge is 2.32. The fraction of sp³-hybridized carbons (Fsp3) is 0.381. The molecule has 0 aliphatic carbocycles. The minimum absolute atomic E-state index is 0.0126. The molecule has 1 aliphatic heterocycles. The SMILES string of the molecule is CCOC1CCN(OC(=O)c2ccccc2)C(c2ccc(C)cc2)C1. The first-order valence-electron chi connectivity index (χ1n) is 8.89. The average molecular weight is 339 g/mol. The fourth-order valence-corrected chi connectivity index (χ4v) is 3.23. The lowest BCUT2D eigenvalue weighted by atomic mass is 9.94. The molecule has 0 saturated carbocycles. The summed E-state index contributed by atoms with van der Waals surface area (Å²) in [6, 6.07) is 17.5. The van der Waals surface area contributed by atoms with Gasteiger partial charge in [-0.05, 0) is 44.4 Å². The molecule has 1 heterocycles. The molecule has 1 aliphatic rings. The Bertz CT molecular complexity index is 684. The topological polar surface area (TPSA) is 38.8 Å². The van der Waals surface area contributed by atoms with Gasteiger partial charge in [-0.15, -0.1) is 5.06 Å². The average Bonchev–Trinajstić information content (AvgIpc) is 2.64. The maximum Gasteiger partial charge on any atom is 0.357 e. The van der Waals surface area contributed by atoms with Gasteiger partial charge in [-0.3, -0.25) is 0 Å². The number of carbonyl (C=O) groups excluding carboxylic acids is 1. The third-order valence-corrected chi connectivity index (χ3v) is 4.58. The molecule has 0 spiro atoms. The molecule has 132 valence electrons. The third-order valence-electron chi connectivity index (χ3n) is 4.58. The molecule has 2 unspecified atom stereocenters. The molecule has 0 amide bonds. The van der Waals surface area contributed by atoms with Crippen molar-refractivity contribution in [1.29, 1.82) is 0 Å². The molecule has 2 aromatic carbocycles. The Morgan fingerprint density at radius 3 is 2.52 bits per heavy atom. The van der Waals surface area contributed by atoms with Crippen LogP contribution in [0.2, 0.25) is 0 Å². The van der Waals surface area contributed by atoms with Crippen molar-refractivity contribution in [3.8, 4) is 0 Å². The number of rotatable bonds is 5. The zero-order valence-electron chi connectivity index (χ0n) is 14.9. The van der Waals surface area contributed by atoms with Crippen molar-refractivity contribution in [3.05, 3.63) is 71.3 Å². The van der Waals surface area contributed by atoms with Gasteiger partial charge >= 0.3 is 5.97 Å². The molecule has 0 bridgehead atoms. The van der Waals surface area contributed by atoms with Crippen molar-refractivity contribution < 1.29 is 14.4 Å². The van der Waals surface area contributed by atoms with E-state index in [4.69, 9.17) is 9.57 Å². The first-order chi connectivity index (χ1) is 12.2. The van der Waals surface area contributed by atoms with Crippen LogP contribution < -0.4 is 0 Å². The Hall–Kier alpha value is -2.17. The summed E-state index contributed by atoms with van der Waals surface area (Å²) in [4.78, 5) is 18.2. The number of ether oxygens (including phenoxy) is 1. The summed E-state index contributed by atoms with van der Waals surface area (Å²) in [6.07, 6.45) is 1.88. The van der Waals surface area contributed by atoms with Crippen LogP contribution in [0.25, 0.3) is 0 Å². The van der Waals surface area contributed by atoms with Crippen molar-refractivity contribution in [2.75, 3.05) is 13.2 Å². The Labute approximate surface area is 149 Å². The monoisotopic (exact) mass is 339 g/mol. The van der Waals surface area contributed by atoms with E-state index in [9.17, 15) is 4.79 Å². The zero-order chi connectivity index (χ0) is 17.6. The molecular formula is C21H25NO3. The van der Waals surface area contributed by atoms with Gasteiger partial charge in [-0.2, -0.15) is 0 Å².